The van der Waals surface area contributed by atoms with Gasteiger partial charge in [0.05, 0.1) is 12.4 Å². The number of rotatable bonds is 5. The zero-order valence-corrected chi connectivity index (χ0v) is 10.0. The summed E-state index contributed by atoms with van der Waals surface area (Å²) in [6, 6.07) is 0. The fourth-order valence-corrected chi connectivity index (χ4v) is 2.54. The van der Waals surface area contributed by atoms with Crippen molar-refractivity contribution in [3.05, 3.63) is 0 Å². The van der Waals surface area contributed by atoms with Gasteiger partial charge in [-0.15, -0.1) is 0 Å². The standard InChI is InChI=1S/C9H20N2O3S/c1-15(12,13)11-6-3-9(4-7-11)14-8-2-5-10/h9H,2-8,10H2,1H3. The molecule has 90 valence electrons. The zero-order chi connectivity index (χ0) is 11.3. The van der Waals surface area contributed by atoms with Gasteiger partial charge in [-0.05, 0) is 25.8 Å². The average molecular weight is 236 g/mol. The van der Waals surface area contributed by atoms with Gasteiger partial charge in [-0.1, -0.05) is 0 Å². The van der Waals surface area contributed by atoms with E-state index in [1.54, 1.807) is 0 Å². The molecule has 0 saturated carbocycles. The lowest BCUT2D eigenvalue weighted by Crippen LogP contribution is -2.40. The molecule has 0 aromatic carbocycles. The third kappa shape index (κ3) is 4.46. The van der Waals surface area contributed by atoms with Crippen molar-refractivity contribution in [2.24, 2.45) is 5.73 Å². The van der Waals surface area contributed by atoms with Crippen LogP contribution in [-0.4, -0.2) is 51.3 Å². The average Bonchev–Trinajstić information content (AvgIpc) is 2.18. The maximum atomic E-state index is 11.2. The first-order valence-electron chi connectivity index (χ1n) is 5.31. The van der Waals surface area contributed by atoms with Gasteiger partial charge in [0.1, 0.15) is 0 Å². The first kappa shape index (κ1) is 12.9. The van der Waals surface area contributed by atoms with E-state index in [4.69, 9.17) is 10.5 Å². The van der Waals surface area contributed by atoms with Crippen LogP contribution in [0.2, 0.25) is 0 Å². The molecule has 1 fully saturated rings. The van der Waals surface area contributed by atoms with Gasteiger partial charge in [0.25, 0.3) is 0 Å². The SMILES string of the molecule is CS(=O)(=O)N1CCC(OCCCN)CC1. The van der Waals surface area contributed by atoms with Gasteiger partial charge in [-0.25, -0.2) is 12.7 Å². The number of hydrogen-bond donors (Lipinski definition) is 1. The van der Waals surface area contributed by atoms with Gasteiger partial charge in [0.15, 0.2) is 0 Å². The summed E-state index contributed by atoms with van der Waals surface area (Å²) in [5.41, 5.74) is 5.36. The number of piperidine rings is 1. The second-order valence-electron chi connectivity index (χ2n) is 3.87. The summed E-state index contributed by atoms with van der Waals surface area (Å²) >= 11 is 0. The molecule has 0 bridgehead atoms. The summed E-state index contributed by atoms with van der Waals surface area (Å²) < 4.78 is 29.5. The predicted molar refractivity (Wildman–Crippen MR) is 59.1 cm³/mol. The Bertz CT molecular complexity index is 271. The van der Waals surface area contributed by atoms with Gasteiger partial charge in [0, 0.05) is 19.7 Å². The highest BCUT2D eigenvalue weighted by Gasteiger charge is 2.24. The molecule has 0 spiro atoms. The summed E-state index contributed by atoms with van der Waals surface area (Å²) in [6.07, 6.45) is 3.90. The van der Waals surface area contributed by atoms with E-state index >= 15 is 0 Å². The van der Waals surface area contributed by atoms with Crippen molar-refractivity contribution in [1.29, 1.82) is 0 Å². The van der Waals surface area contributed by atoms with Crippen LogP contribution in [0.1, 0.15) is 19.3 Å². The van der Waals surface area contributed by atoms with Crippen molar-refractivity contribution < 1.29 is 13.2 Å². The first-order valence-corrected chi connectivity index (χ1v) is 7.15. The third-order valence-electron chi connectivity index (χ3n) is 2.57. The van der Waals surface area contributed by atoms with Crippen LogP contribution in [0.25, 0.3) is 0 Å². The van der Waals surface area contributed by atoms with Gasteiger partial charge >= 0.3 is 0 Å². The summed E-state index contributed by atoms with van der Waals surface area (Å²) in [4.78, 5) is 0. The normalized spacial score (nSPS) is 20.7. The molecule has 6 heteroatoms. The smallest absolute Gasteiger partial charge is 0.211 e. The minimum atomic E-state index is -3.02. The highest BCUT2D eigenvalue weighted by Crippen LogP contribution is 2.15. The second kappa shape index (κ2) is 5.79. The van der Waals surface area contributed by atoms with E-state index in [0.29, 0.717) is 26.2 Å². The quantitative estimate of drug-likeness (QED) is 0.670. The maximum Gasteiger partial charge on any atom is 0.211 e. The van der Waals surface area contributed by atoms with E-state index in [1.807, 2.05) is 0 Å². The molecule has 2 N–H and O–H groups in total. The Labute approximate surface area is 91.6 Å². The number of sulfonamides is 1. The summed E-state index contributed by atoms with van der Waals surface area (Å²) in [7, 11) is -3.02. The van der Waals surface area contributed by atoms with Crippen LogP contribution < -0.4 is 5.73 Å². The van der Waals surface area contributed by atoms with E-state index in [9.17, 15) is 8.42 Å². The van der Waals surface area contributed by atoms with Crippen molar-refractivity contribution in [3.63, 3.8) is 0 Å². The second-order valence-corrected chi connectivity index (χ2v) is 5.86. The lowest BCUT2D eigenvalue weighted by Gasteiger charge is -2.30. The van der Waals surface area contributed by atoms with Gasteiger partial charge in [-0.2, -0.15) is 0 Å². The minimum absolute atomic E-state index is 0.203. The zero-order valence-electron chi connectivity index (χ0n) is 9.18. The monoisotopic (exact) mass is 236 g/mol. The molecule has 0 amide bonds. The van der Waals surface area contributed by atoms with Crippen molar-refractivity contribution in [3.8, 4) is 0 Å². The first-order chi connectivity index (χ1) is 7.04. The molecule has 0 radical (unpaired) electrons. The van der Waals surface area contributed by atoms with Crippen LogP contribution in [0.4, 0.5) is 0 Å². The maximum absolute atomic E-state index is 11.2. The molecule has 1 rings (SSSR count). The molecular formula is C9H20N2O3S. The summed E-state index contributed by atoms with van der Waals surface area (Å²) in [5.74, 6) is 0. The van der Waals surface area contributed by atoms with E-state index in [2.05, 4.69) is 0 Å². The number of nitrogens with two attached hydrogens (primary N) is 1. The Hall–Kier alpha value is -0.170. The molecule has 0 atom stereocenters. The molecule has 0 aliphatic carbocycles. The number of hydrogen-bond acceptors (Lipinski definition) is 4. The Morgan fingerprint density at radius 1 is 1.40 bits per heavy atom. The highest BCUT2D eigenvalue weighted by atomic mass is 32.2. The van der Waals surface area contributed by atoms with Crippen LogP contribution >= 0.6 is 0 Å². The molecule has 5 nitrogen and oxygen atoms in total. The highest BCUT2D eigenvalue weighted by molar-refractivity contribution is 7.88. The van der Waals surface area contributed by atoms with E-state index < -0.39 is 10.0 Å². The van der Waals surface area contributed by atoms with E-state index in [-0.39, 0.29) is 6.10 Å². The predicted octanol–water partition coefficient (Wildman–Crippen LogP) is -0.224. The number of nitrogens with zero attached hydrogens (tertiary/aromatic N) is 1. The van der Waals surface area contributed by atoms with E-state index in [1.165, 1.54) is 10.6 Å². The molecule has 1 saturated heterocycles. The largest absolute Gasteiger partial charge is 0.378 e. The van der Waals surface area contributed by atoms with Crippen LogP contribution in [0, 0.1) is 0 Å². The topological polar surface area (TPSA) is 72.6 Å². The molecule has 1 aliphatic rings. The van der Waals surface area contributed by atoms with Crippen LogP contribution in [-0.2, 0) is 14.8 Å². The van der Waals surface area contributed by atoms with Crippen molar-refractivity contribution in [2.75, 3.05) is 32.5 Å². The Morgan fingerprint density at radius 2 is 2.00 bits per heavy atom. The summed E-state index contributed by atoms with van der Waals surface area (Å²) in [6.45, 7) is 2.47. The van der Waals surface area contributed by atoms with Gasteiger partial charge < -0.3 is 10.5 Å². The Morgan fingerprint density at radius 3 is 2.47 bits per heavy atom. The van der Waals surface area contributed by atoms with E-state index in [0.717, 1.165) is 19.3 Å². The Balaban J connectivity index is 2.24. The Kier molecular flexibility index (Phi) is 4.98. The van der Waals surface area contributed by atoms with Crippen LogP contribution in [0.15, 0.2) is 0 Å². The van der Waals surface area contributed by atoms with Gasteiger partial charge in [-0.3, -0.25) is 0 Å². The van der Waals surface area contributed by atoms with Crippen LogP contribution in [0.3, 0.4) is 0 Å². The molecule has 1 aliphatic heterocycles. The fraction of sp³-hybridized carbons (Fsp3) is 1.00. The molecular weight excluding hydrogens is 216 g/mol. The lowest BCUT2D eigenvalue weighted by molar-refractivity contribution is 0.0210. The van der Waals surface area contributed by atoms with Gasteiger partial charge in [0.2, 0.25) is 10.0 Å². The minimum Gasteiger partial charge on any atom is -0.378 e. The molecule has 15 heavy (non-hydrogen) atoms. The molecule has 0 aromatic rings. The van der Waals surface area contributed by atoms with Crippen LogP contribution in [0.5, 0.6) is 0 Å². The number of ether oxygens (including phenoxy) is 1. The fourth-order valence-electron chi connectivity index (χ4n) is 1.66. The lowest BCUT2D eigenvalue weighted by atomic mass is 10.1. The van der Waals surface area contributed by atoms with Crippen molar-refractivity contribution in [1.82, 2.24) is 4.31 Å². The van der Waals surface area contributed by atoms with Crippen molar-refractivity contribution in [2.45, 2.75) is 25.4 Å². The van der Waals surface area contributed by atoms with Crippen molar-refractivity contribution >= 4 is 10.0 Å². The summed E-state index contributed by atoms with van der Waals surface area (Å²) in [5, 5.41) is 0. The molecule has 0 unspecified atom stereocenters. The molecule has 1 heterocycles. The molecule has 0 aromatic heterocycles. The third-order valence-corrected chi connectivity index (χ3v) is 3.88.